The number of fused-ring (bicyclic) bond motifs is 1. The SMILES string of the molecule is CCc1cc(Br)c2oc(-c3ccc(NC(=O)COc4c(C)cc(Br)cc4Br)cc3)nc2c1. The highest BCUT2D eigenvalue weighted by atomic mass is 79.9. The Labute approximate surface area is 210 Å². The average molecular weight is 623 g/mol. The maximum atomic E-state index is 12.3. The maximum absolute atomic E-state index is 12.3. The molecule has 164 valence electrons. The van der Waals surface area contributed by atoms with Crippen molar-refractivity contribution >= 4 is 70.5 Å². The van der Waals surface area contributed by atoms with Crippen molar-refractivity contribution in [2.45, 2.75) is 20.3 Å². The number of benzene rings is 3. The number of rotatable bonds is 6. The summed E-state index contributed by atoms with van der Waals surface area (Å²) in [4.78, 5) is 17.0. The van der Waals surface area contributed by atoms with Gasteiger partial charge in [-0.2, -0.15) is 0 Å². The van der Waals surface area contributed by atoms with Crippen LogP contribution in [-0.2, 0) is 11.2 Å². The fourth-order valence-corrected chi connectivity index (χ4v) is 5.41. The zero-order valence-corrected chi connectivity index (χ0v) is 22.1. The van der Waals surface area contributed by atoms with Crippen molar-refractivity contribution in [2.75, 3.05) is 11.9 Å². The van der Waals surface area contributed by atoms with Gasteiger partial charge in [0.2, 0.25) is 5.89 Å². The third-order valence-corrected chi connectivity index (χ3v) is 6.51. The molecule has 0 atom stereocenters. The lowest BCUT2D eigenvalue weighted by Crippen LogP contribution is -2.20. The minimum atomic E-state index is -0.246. The van der Waals surface area contributed by atoms with E-state index in [-0.39, 0.29) is 12.5 Å². The van der Waals surface area contributed by atoms with Crippen LogP contribution in [0.3, 0.4) is 0 Å². The summed E-state index contributed by atoms with van der Waals surface area (Å²) in [7, 11) is 0. The number of carbonyl (C=O) groups is 1. The number of amides is 1. The van der Waals surface area contributed by atoms with Crippen LogP contribution < -0.4 is 10.1 Å². The van der Waals surface area contributed by atoms with Crippen molar-refractivity contribution in [1.82, 2.24) is 4.98 Å². The molecule has 0 saturated heterocycles. The van der Waals surface area contributed by atoms with Gasteiger partial charge in [-0.15, -0.1) is 0 Å². The molecule has 1 heterocycles. The molecule has 4 rings (SSSR count). The quantitative estimate of drug-likeness (QED) is 0.240. The Bertz CT molecular complexity index is 1280. The van der Waals surface area contributed by atoms with Gasteiger partial charge in [-0.25, -0.2) is 4.98 Å². The summed E-state index contributed by atoms with van der Waals surface area (Å²) in [5, 5.41) is 2.84. The summed E-state index contributed by atoms with van der Waals surface area (Å²) in [5.41, 5.74) is 5.15. The Morgan fingerprint density at radius 1 is 1.06 bits per heavy atom. The summed E-state index contributed by atoms with van der Waals surface area (Å²) < 4.78 is 14.3. The first kappa shape index (κ1) is 23.0. The Morgan fingerprint density at radius 3 is 2.50 bits per heavy atom. The molecule has 1 N–H and O–H groups in total. The second-order valence-corrected chi connectivity index (χ2v) is 9.87. The van der Waals surface area contributed by atoms with Crippen LogP contribution in [-0.4, -0.2) is 17.5 Å². The summed E-state index contributed by atoms with van der Waals surface area (Å²) in [6, 6.07) is 15.3. The van der Waals surface area contributed by atoms with Crippen molar-refractivity contribution in [1.29, 1.82) is 0 Å². The van der Waals surface area contributed by atoms with Crippen LogP contribution in [0.5, 0.6) is 5.75 Å². The van der Waals surface area contributed by atoms with Gasteiger partial charge in [0.05, 0.1) is 8.95 Å². The molecule has 0 aliphatic carbocycles. The summed E-state index contributed by atoms with van der Waals surface area (Å²) in [6.07, 6.45) is 0.924. The first-order valence-electron chi connectivity index (χ1n) is 9.91. The molecule has 3 aromatic carbocycles. The van der Waals surface area contributed by atoms with Crippen molar-refractivity contribution in [2.24, 2.45) is 0 Å². The van der Waals surface area contributed by atoms with E-state index in [0.717, 1.165) is 42.1 Å². The van der Waals surface area contributed by atoms with Crippen molar-refractivity contribution in [3.8, 4) is 17.2 Å². The van der Waals surface area contributed by atoms with Gasteiger partial charge in [-0.3, -0.25) is 4.79 Å². The Balaban J connectivity index is 1.43. The molecular weight excluding hydrogens is 604 g/mol. The van der Waals surface area contributed by atoms with E-state index in [4.69, 9.17) is 9.15 Å². The van der Waals surface area contributed by atoms with E-state index in [1.54, 1.807) is 0 Å². The third kappa shape index (κ3) is 5.08. The van der Waals surface area contributed by atoms with Crippen LogP contribution in [0.4, 0.5) is 5.69 Å². The lowest BCUT2D eigenvalue weighted by atomic mass is 10.1. The van der Waals surface area contributed by atoms with Gasteiger partial charge in [-0.05, 0) is 105 Å². The topological polar surface area (TPSA) is 64.4 Å². The highest BCUT2D eigenvalue weighted by molar-refractivity contribution is 9.11. The predicted octanol–water partition coefficient (Wildman–Crippen LogP) is 7.67. The lowest BCUT2D eigenvalue weighted by Gasteiger charge is -2.12. The third-order valence-electron chi connectivity index (χ3n) is 4.87. The Morgan fingerprint density at radius 2 is 1.81 bits per heavy atom. The zero-order valence-electron chi connectivity index (χ0n) is 17.3. The number of ether oxygens (including phenoxy) is 1. The highest BCUT2D eigenvalue weighted by Crippen LogP contribution is 2.33. The standard InChI is InChI=1S/C24H19Br3N2O3/c1-3-14-9-18(26)23-20(10-14)29-24(32-23)15-4-6-17(7-5-15)28-21(30)12-31-22-13(2)8-16(25)11-19(22)27/h4-11H,3,12H2,1-2H3,(H,28,30). The van der Waals surface area contributed by atoms with Gasteiger partial charge in [0.15, 0.2) is 12.2 Å². The van der Waals surface area contributed by atoms with Crippen molar-refractivity contribution < 1.29 is 13.9 Å². The largest absolute Gasteiger partial charge is 0.482 e. The smallest absolute Gasteiger partial charge is 0.262 e. The molecule has 5 nitrogen and oxygen atoms in total. The first-order chi connectivity index (χ1) is 15.3. The van der Waals surface area contributed by atoms with E-state index < -0.39 is 0 Å². The van der Waals surface area contributed by atoms with Gasteiger partial charge < -0.3 is 14.5 Å². The van der Waals surface area contributed by atoms with Crippen LogP contribution in [0.1, 0.15) is 18.1 Å². The summed E-state index contributed by atoms with van der Waals surface area (Å²) in [5.74, 6) is 0.933. The number of halogens is 3. The molecule has 0 aliphatic heterocycles. The Hall–Kier alpha value is -2.16. The van der Waals surface area contributed by atoms with E-state index in [9.17, 15) is 4.79 Å². The fraction of sp³-hybridized carbons (Fsp3) is 0.167. The minimum absolute atomic E-state index is 0.0955. The predicted molar refractivity (Wildman–Crippen MR) is 137 cm³/mol. The molecule has 1 aromatic heterocycles. The number of nitrogens with one attached hydrogen (secondary N) is 1. The number of aromatic nitrogens is 1. The van der Waals surface area contributed by atoms with Crippen molar-refractivity contribution in [3.05, 3.63) is 73.1 Å². The van der Waals surface area contributed by atoms with Crippen LogP contribution >= 0.6 is 47.8 Å². The van der Waals surface area contributed by atoms with Crippen LogP contribution in [0.15, 0.2) is 66.4 Å². The van der Waals surface area contributed by atoms with E-state index in [1.807, 2.05) is 55.5 Å². The number of hydrogen-bond donors (Lipinski definition) is 1. The summed E-state index contributed by atoms with van der Waals surface area (Å²) in [6.45, 7) is 3.93. The van der Waals surface area contributed by atoms with Gasteiger partial charge >= 0.3 is 0 Å². The molecule has 0 saturated carbocycles. The molecule has 32 heavy (non-hydrogen) atoms. The van der Waals surface area contributed by atoms with Crippen LogP contribution in [0, 0.1) is 6.92 Å². The van der Waals surface area contributed by atoms with E-state index in [1.165, 1.54) is 5.56 Å². The number of aryl methyl sites for hydroxylation is 2. The molecular formula is C24H19Br3N2O3. The minimum Gasteiger partial charge on any atom is -0.482 e. The molecule has 0 unspecified atom stereocenters. The second kappa shape index (κ2) is 9.77. The first-order valence-corrected chi connectivity index (χ1v) is 12.3. The molecule has 0 fully saturated rings. The van der Waals surface area contributed by atoms with E-state index in [2.05, 4.69) is 65.0 Å². The summed E-state index contributed by atoms with van der Waals surface area (Å²) >= 11 is 10.5. The molecule has 0 spiro atoms. The monoisotopic (exact) mass is 620 g/mol. The molecule has 1 amide bonds. The molecule has 0 aliphatic rings. The van der Waals surface area contributed by atoms with Gasteiger partial charge in [0.25, 0.3) is 5.91 Å². The van der Waals surface area contributed by atoms with Gasteiger partial charge in [-0.1, -0.05) is 22.9 Å². The number of carbonyl (C=O) groups excluding carboxylic acids is 1. The van der Waals surface area contributed by atoms with Crippen molar-refractivity contribution in [3.63, 3.8) is 0 Å². The number of hydrogen-bond acceptors (Lipinski definition) is 4. The normalized spacial score (nSPS) is 11.0. The molecule has 0 radical (unpaired) electrons. The fourth-order valence-electron chi connectivity index (χ4n) is 3.28. The second-order valence-electron chi connectivity index (χ2n) is 7.25. The average Bonchev–Trinajstić information content (AvgIpc) is 3.18. The van der Waals surface area contributed by atoms with E-state index >= 15 is 0 Å². The number of oxazole rings is 1. The van der Waals surface area contributed by atoms with E-state index in [0.29, 0.717) is 17.3 Å². The Kier molecular flexibility index (Phi) is 7.02. The number of nitrogens with zero attached hydrogens (tertiary/aromatic N) is 1. The maximum Gasteiger partial charge on any atom is 0.262 e. The lowest BCUT2D eigenvalue weighted by molar-refractivity contribution is -0.118. The zero-order chi connectivity index (χ0) is 22.8. The van der Waals surface area contributed by atoms with Gasteiger partial charge in [0, 0.05) is 15.7 Å². The van der Waals surface area contributed by atoms with Gasteiger partial charge in [0.1, 0.15) is 11.3 Å². The van der Waals surface area contributed by atoms with Crippen LogP contribution in [0.2, 0.25) is 0 Å². The molecule has 0 bridgehead atoms. The molecule has 8 heteroatoms. The number of anilines is 1. The molecule has 4 aromatic rings. The highest BCUT2D eigenvalue weighted by Gasteiger charge is 2.13. The van der Waals surface area contributed by atoms with Crippen LogP contribution in [0.25, 0.3) is 22.6 Å².